The van der Waals surface area contributed by atoms with E-state index in [-0.39, 0.29) is 6.54 Å². The first-order chi connectivity index (χ1) is 9.68. The van der Waals surface area contributed by atoms with Gasteiger partial charge in [-0.3, -0.25) is 14.3 Å². The third-order valence-corrected chi connectivity index (χ3v) is 4.20. The van der Waals surface area contributed by atoms with Crippen LogP contribution < -0.4 is 11.2 Å². The molecule has 0 spiro atoms. The second kappa shape index (κ2) is 5.45. The zero-order chi connectivity index (χ0) is 15.8. The molecule has 0 aliphatic heterocycles. The number of benzene rings is 1. The molecule has 0 atom stereocenters. The van der Waals surface area contributed by atoms with Crippen molar-refractivity contribution in [1.82, 2.24) is 9.55 Å². The fraction of sp³-hybridized carbons (Fsp3) is 0.167. The largest absolute Gasteiger partial charge is 0.328 e. The van der Waals surface area contributed by atoms with Gasteiger partial charge in [0, 0.05) is 16.9 Å². The highest BCUT2D eigenvalue weighted by Crippen LogP contribution is 2.12. The van der Waals surface area contributed by atoms with Crippen LogP contribution in [0.3, 0.4) is 0 Å². The van der Waals surface area contributed by atoms with Gasteiger partial charge in [0.25, 0.3) is 14.6 Å². The topological polar surface area (TPSA) is 89.0 Å². The molecule has 0 saturated heterocycles. The molecule has 2 rings (SSSR count). The molecule has 21 heavy (non-hydrogen) atoms. The first kappa shape index (κ1) is 15.5. The SMILES string of the molecule is Cc1cc(F)ccc1Cn1cc(S(=O)(=O)Cl)c(=O)[nH]c1=O. The summed E-state index contributed by atoms with van der Waals surface area (Å²) in [5, 5.41) is 0. The van der Waals surface area contributed by atoms with E-state index in [1.54, 1.807) is 6.92 Å². The second-order valence-corrected chi connectivity index (χ2v) is 6.92. The van der Waals surface area contributed by atoms with Gasteiger partial charge >= 0.3 is 5.69 Å². The Bertz CT molecular complexity index is 918. The molecule has 0 bridgehead atoms. The molecule has 112 valence electrons. The Hall–Kier alpha value is -1.93. The van der Waals surface area contributed by atoms with Gasteiger partial charge in [0.15, 0.2) is 4.90 Å². The van der Waals surface area contributed by atoms with Gasteiger partial charge < -0.3 is 0 Å². The first-order valence-corrected chi connectivity index (χ1v) is 8.03. The molecule has 6 nitrogen and oxygen atoms in total. The maximum Gasteiger partial charge on any atom is 0.328 e. The molecular formula is C12H10ClFN2O4S. The zero-order valence-electron chi connectivity index (χ0n) is 10.8. The standard InChI is InChI=1S/C12H10ClFN2O4S/c1-7-4-9(14)3-2-8(7)5-16-6-10(21(13,19)20)11(17)15-12(16)18/h2-4,6H,5H2,1H3,(H,15,17,18). The van der Waals surface area contributed by atoms with E-state index in [0.717, 1.165) is 10.8 Å². The molecule has 0 aliphatic rings. The van der Waals surface area contributed by atoms with Crippen LogP contribution >= 0.6 is 10.7 Å². The fourth-order valence-corrected chi connectivity index (χ4v) is 2.66. The van der Waals surface area contributed by atoms with Gasteiger partial charge in [0.2, 0.25) is 0 Å². The lowest BCUT2D eigenvalue weighted by atomic mass is 10.1. The minimum absolute atomic E-state index is 0.0267. The summed E-state index contributed by atoms with van der Waals surface area (Å²) in [5.41, 5.74) is -0.679. The Kier molecular flexibility index (Phi) is 4.02. The van der Waals surface area contributed by atoms with Gasteiger partial charge in [-0.05, 0) is 30.2 Å². The summed E-state index contributed by atoms with van der Waals surface area (Å²) in [5.74, 6) is -0.422. The summed E-state index contributed by atoms with van der Waals surface area (Å²) in [4.78, 5) is 24.3. The Morgan fingerprint density at radius 3 is 2.57 bits per heavy atom. The van der Waals surface area contributed by atoms with Crippen LogP contribution in [-0.2, 0) is 15.6 Å². The average molecular weight is 333 g/mol. The molecule has 0 amide bonds. The van der Waals surface area contributed by atoms with Crippen LogP contribution in [-0.4, -0.2) is 18.0 Å². The summed E-state index contributed by atoms with van der Waals surface area (Å²) >= 11 is 0. The molecule has 0 aliphatic carbocycles. The van der Waals surface area contributed by atoms with E-state index in [2.05, 4.69) is 0 Å². The molecule has 1 N–H and O–H groups in total. The third kappa shape index (κ3) is 3.40. The molecule has 9 heteroatoms. The number of hydrogen-bond acceptors (Lipinski definition) is 4. The summed E-state index contributed by atoms with van der Waals surface area (Å²) in [6, 6.07) is 3.97. The number of hydrogen-bond donors (Lipinski definition) is 1. The molecule has 1 heterocycles. The van der Waals surface area contributed by atoms with E-state index in [1.165, 1.54) is 18.2 Å². The zero-order valence-corrected chi connectivity index (χ0v) is 12.3. The van der Waals surface area contributed by atoms with Crippen molar-refractivity contribution in [1.29, 1.82) is 0 Å². The average Bonchev–Trinajstić information content (AvgIpc) is 2.33. The molecule has 0 radical (unpaired) electrons. The van der Waals surface area contributed by atoms with Crippen molar-refractivity contribution < 1.29 is 12.8 Å². The van der Waals surface area contributed by atoms with Crippen molar-refractivity contribution in [3.63, 3.8) is 0 Å². The quantitative estimate of drug-likeness (QED) is 0.848. The maximum absolute atomic E-state index is 13.0. The minimum atomic E-state index is -4.27. The van der Waals surface area contributed by atoms with E-state index < -0.39 is 31.0 Å². The van der Waals surface area contributed by atoms with Crippen LogP contribution in [0.15, 0.2) is 38.9 Å². The van der Waals surface area contributed by atoms with E-state index in [0.29, 0.717) is 11.1 Å². The minimum Gasteiger partial charge on any atom is -0.295 e. The van der Waals surface area contributed by atoms with Crippen LogP contribution in [0.4, 0.5) is 4.39 Å². The van der Waals surface area contributed by atoms with Gasteiger partial charge in [0.1, 0.15) is 5.82 Å². The van der Waals surface area contributed by atoms with Gasteiger partial charge in [-0.1, -0.05) is 6.07 Å². The molecule has 0 unspecified atom stereocenters. The summed E-state index contributed by atoms with van der Waals surface area (Å²) in [6.45, 7) is 1.62. The summed E-state index contributed by atoms with van der Waals surface area (Å²) in [7, 11) is 0.857. The van der Waals surface area contributed by atoms with Crippen molar-refractivity contribution in [2.24, 2.45) is 0 Å². The molecular weight excluding hydrogens is 323 g/mol. The van der Waals surface area contributed by atoms with Crippen LogP contribution in [0, 0.1) is 12.7 Å². The van der Waals surface area contributed by atoms with E-state index >= 15 is 0 Å². The van der Waals surface area contributed by atoms with Crippen molar-refractivity contribution in [3.8, 4) is 0 Å². The summed E-state index contributed by atoms with van der Waals surface area (Å²) in [6.07, 6.45) is 0.867. The number of aryl methyl sites for hydroxylation is 1. The van der Waals surface area contributed by atoms with Gasteiger partial charge in [-0.2, -0.15) is 0 Å². The number of aromatic nitrogens is 2. The van der Waals surface area contributed by atoms with Crippen molar-refractivity contribution in [3.05, 3.63) is 62.2 Å². The second-order valence-electron chi connectivity index (χ2n) is 4.39. The third-order valence-electron chi connectivity index (χ3n) is 2.89. The Labute approximate surface area is 123 Å². The predicted octanol–water partition coefficient (Wildman–Crippen LogP) is 0.960. The molecule has 1 aromatic heterocycles. The maximum atomic E-state index is 13.0. The molecule has 2 aromatic rings. The highest BCUT2D eigenvalue weighted by molar-refractivity contribution is 8.13. The van der Waals surface area contributed by atoms with Crippen LogP contribution in [0.25, 0.3) is 0 Å². The first-order valence-electron chi connectivity index (χ1n) is 5.72. The fourth-order valence-electron chi connectivity index (χ4n) is 1.80. The lowest BCUT2D eigenvalue weighted by Crippen LogP contribution is -2.32. The number of rotatable bonds is 3. The summed E-state index contributed by atoms with van der Waals surface area (Å²) < 4.78 is 36.5. The highest BCUT2D eigenvalue weighted by atomic mass is 35.7. The number of nitrogens with one attached hydrogen (secondary N) is 1. The van der Waals surface area contributed by atoms with E-state index in [1.807, 2.05) is 4.98 Å². The monoisotopic (exact) mass is 332 g/mol. The van der Waals surface area contributed by atoms with E-state index in [4.69, 9.17) is 10.7 Å². The Morgan fingerprint density at radius 1 is 1.33 bits per heavy atom. The number of halogens is 2. The van der Waals surface area contributed by atoms with Gasteiger partial charge in [0.05, 0.1) is 6.54 Å². The highest BCUT2D eigenvalue weighted by Gasteiger charge is 2.17. The van der Waals surface area contributed by atoms with Crippen LogP contribution in [0.5, 0.6) is 0 Å². The normalized spacial score (nSPS) is 11.6. The lowest BCUT2D eigenvalue weighted by Gasteiger charge is -2.09. The van der Waals surface area contributed by atoms with Crippen LogP contribution in [0.1, 0.15) is 11.1 Å². The molecule has 0 saturated carbocycles. The predicted molar refractivity (Wildman–Crippen MR) is 74.6 cm³/mol. The van der Waals surface area contributed by atoms with Gasteiger partial charge in [-0.25, -0.2) is 17.6 Å². The van der Waals surface area contributed by atoms with E-state index in [9.17, 15) is 22.4 Å². The Morgan fingerprint density at radius 2 is 2.00 bits per heavy atom. The number of nitrogens with zero attached hydrogens (tertiary/aromatic N) is 1. The smallest absolute Gasteiger partial charge is 0.295 e. The van der Waals surface area contributed by atoms with Crippen molar-refractivity contribution in [2.75, 3.05) is 0 Å². The lowest BCUT2D eigenvalue weighted by molar-refractivity contribution is 0.603. The Balaban J connectivity index is 2.55. The molecule has 1 aromatic carbocycles. The molecule has 0 fully saturated rings. The van der Waals surface area contributed by atoms with Gasteiger partial charge in [-0.15, -0.1) is 0 Å². The van der Waals surface area contributed by atoms with Crippen molar-refractivity contribution in [2.45, 2.75) is 18.4 Å². The van der Waals surface area contributed by atoms with Crippen molar-refractivity contribution >= 4 is 19.7 Å². The van der Waals surface area contributed by atoms with Crippen LogP contribution in [0.2, 0.25) is 0 Å². The number of H-pyrrole nitrogens is 1. The number of aromatic amines is 1.